The third-order valence-corrected chi connectivity index (χ3v) is 3.38. The van der Waals surface area contributed by atoms with Gasteiger partial charge in [-0.3, -0.25) is 9.88 Å². The first-order valence-electron chi connectivity index (χ1n) is 6.22. The molecule has 2 N–H and O–H groups in total. The van der Waals surface area contributed by atoms with Crippen molar-refractivity contribution in [3.05, 3.63) is 30.1 Å². The number of likely N-dealkylation sites (N-methyl/N-ethyl adjacent to an activating group) is 1. The first-order valence-corrected chi connectivity index (χ1v) is 6.22. The Morgan fingerprint density at radius 3 is 2.88 bits per heavy atom. The second-order valence-electron chi connectivity index (χ2n) is 4.63. The second kappa shape index (κ2) is 6.10. The molecule has 2 rings (SSSR count). The molecule has 1 aliphatic heterocycles. The lowest BCUT2D eigenvalue weighted by molar-refractivity contribution is 0.0347. The maximum atomic E-state index is 5.87. The van der Waals surface area contributed by atoms with Crippen molar-refractivity contribution in [2.75, 3.05) is 20.2 Å². The first kappa shape index (κ1) is 12.5. The first-order chi connectivity index (χ1) is 8.31. The summed E-state index contributed by atoms with van der Waals surface area (Å²) in [7, 11) is 2.11. The van der Waals surface area contributed by atoms with E-state index in [4.69, 9.17) is 10.5 Å². The number of ether oxygens (including phenoxy) is 1. The van der Waals surface area contributed by atoms with Crippen LogP contribution in [0.15, 0.2) is 24.5 Å². The second-order valence-corrected chi connectivity index (χ2v) is 4.63. The third kappa shape index (κ3) is 3.25. The third-order valence-electron chi connectivity index (χ3n) is 3.38. The molecular weight excluding hydrogens is 214 g/mol. The van der Waals surface area contributed by atoms with Crippen molar-refractivity contribution in [1.29, 1.82) is 0 Å². The Balaban J connectivity index is 1.95. The van der Waals surface area contributed by atoms with E-state index in [-0.39, 0.29) is 0 Å². The maximum Gasteiger partial charge on any atom is 0.0743 e. The smallest absolute Gasteiger partial charge is 0.0743 e. The lowest BCUT2D eigenvalue weighted by Crippen LogP contribution is -2.45. The Bertz CT molecular complexity index is 325. The normalized spacial score (nSPS) is 21.9. The van der Waals surface area contributed by atoms with Gasteiger partial charge >= 0.3 is 0 Å². The monoisotopic (exact) mass is 235 g/mol. The van der Waals surface area contributed by atoms with Gasteiger partial charge in [0, 0.05) is 38.1 Å². The molecule has 2 unspecified atom stereocenters. The molecule has 0 aliphatic carbocycles. The Labute approximate surface area is 103 Å². The number of nitrogens with two attached hydrogens (primary N) is 1. The van der Waals surface area contributed by atoms with E-state index in [2.05, 4.69) is 16.9 Å². The highest BCUT2D eigenvalue weighted by atomic mass is 16.5. The van der Waals surface area contributed by atoms with E-state index in [1.54, 1.807) is 0 Å². The quantitative estimate of drug-likeness (QED) is 0.828. The molecule has 0 aromatic carbocycles. The SMILES string of the molecule is CN(Cc1ccncc1)C(CN)C1CCCO1. The Hall–Kier alpha value is -0.970. The van der Waals surface area contributed by atoms with Crippen LogP contribution in [-0.2, 0) is 11.3 Å². The fourth-order valence-corrected chi connectivity index (χ4v) is 2.42. The van der Waals surface area contributed by atoms with Gasteiger partial charge in [-0.1, -0.05) is 0 Å². The van der Waals surface area contributed by atoms with Crippen LogP contribution in [0.1, 0.15) is 18.4 Å². The molecule has 1 saturated heterocycles. The van der Waals surface area contributed by atoms with Gasteiger partial charge in [0.25, 0.3) is 0 Å². The summed E-state index contributed by atoms with van der Waals surface area (Å²) in [5.74, 6) is 0. The van der Waals surface area contributed by atoms with E-state index in [1.807, 2.05) is 24.5 Å². The zero-order chi connectivity index (χ0) is 12.1. The van der Waals surface area contributed by atoms with Gasteiger partial charge in [0.15, 0.2) is 0 Å². The van der Waals surface area contributed by atoms with Gasteiger partial charge in [-0.25, -0.2) is 0 Å². The summed E-state index contributed by atoms with van der Waals surface area (Å²) in [6.45, 7) is 2.42. The Morgan fingerprint density at radius 1 is 1.53 bits per heavy atom. The van der Waals surface area contributed by atoms with Gasteiger partial charge in [-0.15, -0.1) is 0 Å². The summed E-state index contributed by atoms with van der Waals surface area (Å²) in [6, 6.07) is 4.39. The van der Waals surface area contributed by atoms with Gasteiger partial charge in [0.1, 0.15) is 0 Å². The summed E-state index contributed by atoms with van der Waals surface area (Å²) in [5.41, 5.74) is 7.14. The van der Waals surface area contributed by atoms with Crippen LogP contribution in [0.5, 0.6) is 0 Å². The molecule has 0 spiro atoms. The van der Waals surface area contributed by atoms with Crippen molar-refractivity contribution < 1.29 is 4.74 Å². The topological polar surface area (TPSA) is 51.4 Å². The number of hydrogen-bond acceptors (Lipinski definition) is 4. The van der Waals surface area contributed by atoms with E-state index in [9.17, 15) is 0 Å². The minimum absolute atomic E-state index is 0.298. The average Bonchev–Trinajstić information content (AvgIpc) is 2.85. The fraction of sp³-hybridized carbons (Fsp3) is 0.615. The molecule has 1 fully saturated rings. The zero-order valence-corrected chi connectivity index (χ0v) is 10.4. The van der Waals surface area contributed by atoms with Gasteiger partial charge in [0.05, 0.1) is 6.10 Å². The molecule has 2 heterocycles. The molecular formula is C13H21N3O. The molecule has 94 valence electrons. The molecule has 1 aliphatic rings. The molecule has 0 saturated carbocycles. The van der Waals surface area contributed by atoms with Crippen LogP contribution in [0.2, 0.25) is 0 Å². The lowest BCUT2D eigenvalue weighted by atomic mass is 10.1. The zero-order valence-electron chi connectivity index (χ0n) is 10.4. The number of nitrogens with zero attached hydrogens (tertiary/aromatic N) is 2. The van der Waals surface area contributed by atoms with Gasteiger partial charge < -0.3 is 10.5 Å². The van der Waals surface area contributed by atoms with Crippen molar-refractivity contribution in [2.24, 2.45) is 5.73 Å². The standard InChI is InChI=1S/C13H21N3O/c1-16(10-11-4-6-15-7-5-11)12(9-14)13-3-2-8-17-13/h4-7,12-13H,2-3,8-10,14H2,1H3. The fourth-order valence-electron chi connectivity index (χ4n) is 2.42. The summed E-state index contributed by atoms with van der Waals surface area (Å²) >= 11 is 0. The average molecular weight is 235 g/mol. The molecule has 17 heavy (non-hydrogen) atoms. The number of aromatic nitrogens is 1. The molecule has 0 amide bonds. The van der Waals surface area contributed by atoms with Crippen molar-refractivity contribution in [3.63, 3.8) is 0 Å². The van der Waals surface area contributed by atoms with E-state index < -0.39 is 0 Å². The Morgan fingerprint density at radius 2 is 2.29 bits per heavy atom. The van der Waals surface area contributed by atoms with E-state index in [1.165, 1.54) is 5.56 Å². The molecule has 4 nitrogen and oxygen atoms in total. The van der Waals surface area contributed by atoms with Crippen molar-refractivity contribution in [1.82, 2.24) is 9.88 Å². The lowest BCUT2D eigenvalue weighted by Gasteiger charge is -2.31. The predicted octanol–water partition coefficient (Wildman–Crippen LogP) is 1.02. The number of pyridine rings is 1. The van der Waals surface area contributed by atoms with E-state index in [0.29, 0.717) is 18.7 Å². The minimum Gasteiger partial charge on any atom is -0.377 e. The molecule has 0 radical (unpaired) electrons. The van der Waals surface area contributed by atoms with Gasteiger partial charge in [0.2, 0.25) is 0 Å². The van der Waals surface area contributed by atoms with Gasteiger partial charge in [-0.05, 0) is 37.6 Å². The van der Waals surface area contributed by atoms with Crippen molar-refractivity contribution >= 4 is 0 Å². The minimum atomic E-state index is 0.298. The largest absolute Gasteiger partial charge is 0.377 e. The van der Waals surface area contributed by atoms with Gasteiger partial charge in [-0.2, -0.15) is 0 Å². The van der Waals surface area contributed by atoms with Crippen molar-refractivity contribution in [3.8, 4) is 0 Å². The molecule has 1 aromatic heterocycles. The Kier molecular flexibility index (Phi) is 4.48. The number of hydrogen-bond donors (Lipinski definition) is 1. The number of rotatable bonds is 5. The summed E-state index contributed by atoms with van der Waals surface area (Å²) in [4.78, 5) is 6.31. The van der Waals surface area contributed by atoms with Crippen LogP contribution in [0.4, 0.5) is 0 Å². The van der Waals surface area contributed by atoms with Crippen LogP contribution in [0.25, 0.3) is 0 Å². The van der Waals surface area contributed by atoms with E-state index >= 15 is 0 Å². The van der Waals surface area contributed by atoms with Crippen LogP contribution >= 0.6 is 0 Å². The van der Waals surface area contributed by atoms with Crippen LogP contribution in [-0.4, -0.2) is 42.2 Å². The summed E-state index contributed by atoms with van der Waals surface area (Å²) in [5, 5.41) is 0. The maximum absolute atomic E-state index is 5.87. The van der Waals surface area contributed by atoms with Crippen LogP contribution in [0.3, 0.4) is 0 Å². The highest BCUT2D eigenvalue weighted by Gasteiger charge is 2.27. The van der Waals surface area contributed by atoms with Crippen molar-refractivity contribution in [2.45, 2.75) is 31.5 Å². The van der Waals surface area contributed by atoms with Crippen LogP contribution in [0, 0.1) is 0 Å². The van der Waals surface area contributed by atoms with Crippen LogP contribution < -0.4 is 5.73 Å². The summed E-state index contributed by atoms with van der Waals surface area (Å²) in [6.07, 6.45) is 6.23. The molecule has 1 aromatic rings. The predicted molar refractivity (Wildman–Crippen MR) is 67.5 cm³/mol. The highest BCUT2D eigenvalue weighted by molar-refractivity contribution is 5.09. The summed E-state index contributed by atoms with van der Waals surface area (Å²) < 4.78 is 5.73. The van der Waals surface area contributed by atoms with E-state index in [0.717, 1.165) is 26.0 Å². The molecule has 4 heteroatoms. The highest BCUT2D eigenvalue weighted by Crippen LogP contribution is 2.19. The molecule has 0 bridgehead atoms. The molecule has 2 atom stereocenters.